The van der Waals surface area contributed by atoms with Gasteiger partial charge in [-0.25, -0.2) is 27.9 Å². The number of halogens is 3. The minimum absolute atomic E-state index is 0.209. The Morgan fingerprint density at radius 1 is 1.07 bits per heavy atom. The minimum Gasteiger partial charge on any atom is -0.368 e. The van der Waals surface area contributed by atoms with Crippen molar-refractivity contribution in [2.75, 3.05) is 41.7 Å². The van der Waals surface area contributed by atoms with Gasteiger partial charge in [0.2, 0.25) is 0 Å². The van der Waals surface area contributed by atoms with Gasteiger partial charge in [0.1, 0.15) is 18.0 Å². The second-order valence-corrected chi connectivity index (χ2v) is 5.99. The number of amides is 2. The van der Waals surface area contributed by atoms with Crippen molar-refractivity contribution in [2.45, 2.75) is 12.8 Å². The SMILES string of the molecule is O=C(NCCNc1cc(N2CCCC2)ncn1)Nc1ccc(F)c(F)c1F. The Hall–Kier alpha value is -3.04. The molecule has 2 amide bonds. The predicted octanol–water partition coefficient (Wildman–Crippen LogP) is 2.73. The molecule has 1 saturated heterocycles. The van der Waals surface area contributed by atoms with Gasteiger partial charge in [-0.2, -0.15) is 0 Å². The first-order chi connectivity index (χ1) is 13.0. The first-order valence-electron chi connectivity index (χ1n) is 8.54. The highest BCUT2D eigenvalue weighted by atomic mass is 19.2. The molecule has 1 fully saturated rings. The Balaban J connectivity index is 1.44. The molecule has 144 valence electrons. The summed E-state index contributed by atoms with van der Waals surface area (Å²) in [5.41, 5.74) is -0.439. The standard InChI is InChI=1S/C17H19F3N6O/c18-11-3-4-12(16(20)15(11)19)25-17(27)22-6-5-21-13-9-14(24-10-23-13)26-7-1-2-8-26/h3-4,9-10H,1-2,5-8H2,(H,21,23,24)(H2,22,25,27). The van der Waals surface area contributed by atoms with Crippen LogP contribution in [0.4, 0.5) is 35.3 Å². The number of aromatic nitrogens is 2. The molecule has 0 spiro atoms. The van der Waals surface area contributed by atoms with E-state index in [1.165, 1.54) is 6.33 Å². The third kappa shape index (κ3) is 4.78. The normalized spacial score (nSPS) is 13.5. The third-order valence-electron chi connectivity index (χ3n) is 4.08. The molecule has 0 aliphatic carbocycles. The number of nitrogens with zero attached hydrogens (tertiary/aromatic N) is 3. The number of urea groups is 1. The third-order valence-corrected chi connectivity index (χ3v) is 4.08. The lowest BCUT2D eigenvalue weighted by Crippen LogP contribution is -2.33. The van der Waals surface area contributed by atoms with E-state index >= 15 is 0 Å². The monoisotopic (exact) mass is 380 g/mol. The van der Waals surface area contributed by atoms with Crippen LogP contribution in [0.3, 0.4) is 0 Å². The van der Waals surface area contributed by atoms with Crippen LogP contribution in [0.25, 0.3) is 0 Å². The predicted molar refractivity (Wildman–Crippen MR) is 95.3 cm³/mol. The van der Waals surface area contributed by atoms with Crippen LogP contribution in [0.5, 0.6) is 0 Å². The van der Waals surface area contributed by atoms with E-state index < -0.39 is 29.2 Å². The van der Waals surface area contributed by atoms with Crippen LogP contribution in [-0.4, -0.2) is 42.2 Å². The fourth-order valence-corrected chi connectivity index (χ4v) is 2.72. The lowest BCUT2D eigenvalue weighted by molar-refractivity contribution is 0.252. The van der Waals surface area contributed by atoms with Gasteiger partial charge in [0, 0.05) is 32.2 Å². The molecule has 1 aromatic carbocycles. The molecule has 3 N–H and O–H groups in total. The van der Waals surface area contributed by atoms with Gasteiger partial charge in [0.05, 0.1) is 5.69 Å². The van der Waals surface area contributed by atoms with E-state index in [1.807, 2.05) is 6.07 Å². The van der Waals surface area contributed by atoms with Gasteiger partial charge >= 0.3 is 6.03 Å². The van der Waals surface area contributed by atoms with E-state index in [0.717, 1.165) is 43.9 Å². The van der Waals surface area contributed by atoms with Crippen molar-refractivity contribution in [3.63, 3.8) is 0 Å². The first kappa shape index (κ1) is 18.7. The molecule has 1 aliphatic rings. The van der Waals surface area contributed by atoms with Gasteiger partial charge < -0.3 is 20.9 Å². The Bertz CT molecular complexity index is 813. The lowest BCUT2D eigenvalue weighted by atomic mass is 10.3. The maximum absolute atomic E-state index is 13.5. The summed E-state index contributed by atoms with van der Waals surface area (Å²) < 4.78 is 39.5. The largest absolute Gasteiger partial charge is 0.368 e. The zero-order valence-electron chi connectivity index (χ0n) is 14.4. The molecular weight excluding hydrogens is 361 g/mol. The molecular formula is C17H19F3N6O. The lowest BCUT2D eigenvalue weighted by Gasteiger charge is -2.16. The van der Waals surface area contributed by atoms with Crippen LogP contribution < -0.4 is 20.9 Å². The van der Waals surface area contributed by atoms with E-state index in [9.17, 15) is 18.0 Å². The Kier molecular flexibility index (Phi) is 5.94. The number of carbonyl (C=O) groups excluding carboxylic acids is 1. The molecule has 0 atom stereocenters. The highest BCUT2D eigenvalue weighted by Crippen LogP contribution is 2.20. The fourth-order valence-electron chi connectivity index (χ4n) is 2.72. The Labute approximate surface area is 154 Å². The van der Waals surface area contributed by atoms with Crippen molar-refractivity contribution in [2.24, 2.45) is 0 Å². The number of benzene rings is 1. The number of rotatable bonds is 6. The topological polar surface area (TPSA) is 82.2 Å². The molecule has 2 aromatic rings. The molecule has 0 bridgehead atoms. The molecule has 27 heavy (non-hydrogen) atoms. The van der Waals surface area contributed by atoms with E-state index in [2.05, 4.69) is 30.8 Å². The highest BCUT2D eigenvalue weighted by Gasteiger charge is 2.15. The molecule has 0 unspecified atom stereocenters. The van der Waals surface area contributed by atoms with Crippen LogP contribution in [0.1, 0.15) is 12.8 Å². The number of nitrogens with one attached hydrogen (secondary N) is 3. The van der Waals surface area contributed by atoms with Gasteiger partial charge in [-0.1, -0.05) is 0 Å². The van der Waals surface area contributed by atoms with Crippen molar-refractivity contribution in [1.82, 2.24) is 15.3 Å². The quantitative estimate of drug-likeness (QED) is 0.530. The molecule has 1 aliphatic heterocycles. The summed E-state index contributed by atoms with van der Waals surface area (Å²) in [6.07, 6.45) is 3.76. The smallest absolute Gasteiger partial charge is 0.319 e. The number of anilines is 3. The van der Waals surface area contributed by atoms with Gasteiger partial charge in [-0.05, 0) is 25.0 Å². The number of hydrogen-bond acceptors (Lipinski definition) is 5. The number of hydrogen-bond donors (Lipinski definition) is 3. The van der Waals surface area contributed by atoms with E-state index in [-0.39, 0.29) is 6.54 Å². The van der Waals surface area contributed by atoms with Crippen LogP contribution in [-0.2, 0) is 0 Å². The summed E-state index contributed by atoms with van der Waals surface area (Å²) >= 11 is 0. The average molecular weight is 380 g/mol. The summed E-state index contributed by atoms with van der Waals surface area (Å²) in [4.78, 5) is 22.3. The van der Waals surface area contributed by atoms with E-state index in [0.29, 0.717) is 12.4 Å². The van der Waals surface area contributed by atoms with Gasteiger partial charge in [0.15, 0.2) is 17.5 Å². The van der Waals surface area contributed by atoms with Crippen LogP contribution in [0.2, 0.25) is 0 Å². The maximum atomic E-state index is 13.5. The zero-order chi connectivity index (χ0) is 19.2. The second-order valence-electron chi connectivity index (χ2n) is 5.99. The summed E-state index contributed by atoms with van der Waals surface area (Å²) in [6, 6.07) is 2.79. The van der Waals surface area contributed by atoms with Crippen molar-refractivity contribution in [1.29, 1.82) is 0 Å². The van der Waals surface area contributed by atoms with E-state index in [4.69, 9.17) is 0 Å². The minimum atomic E-state index is -1.63. The van der Waals surface area contributed by atoms with Gasteiger partial charge in [0.25, 0.3) is 0 Å². The Morgan fingerprint density at radius 2 is 1.85 bits per heavy atom. The van der Waals surface area contributed by atoms with Crippen LogP contribution in [0.15, 0.2) is 24.5 Å². The molecule has 0 saturated carbocycles. The van der Waals surface area contributed by atoms with Gasteiger partial charge in [-0.3, -0.25) is 0 Å². The molecule has 0 radical (unpaired) electrons. The van der Waals surface area contributed by atoms with Crippen LogP contribution in [0, 0.1) is 17.5 Å². The van der Waals surface area contributed by atoms with Crippen molar-refractivity contribution in [3.05, 3.63) is 42.0 Å². The molecule has 10 heteroatoms. The Morgan fingerprint density at radius 3 is 2.63 bits per heavy atom. The average Bonchev–Trinajstić information content (AvgIpc) is 3.21. The zero-order valence-corrected chi connectivity index (χ0v) is 14.4. The first-order valence-corrected chi connectivity index (χ1v) is 8.54. The molecule has 3 rings (SSSR count). The van der Waals surface area contributed by atoms with Crippen molar-refractivity contribution < 1.29 is 18.0 Å². The van der Waals surface area contributed by atoms with E-state index in [1.54, 1.807) is 0 Å². The summed E-state index contributed by atoms with van der Waals surface area (Å²) in [7, 11) is 0. The molecule has 2 heterocycles. The highest BCUT2D eigenvalue weighted by molar-refractivity contribution is 5.89. The van der Waals surface area contributed by atoms with Gasteiger partial charge in [-0.15, -0.1) is 0 Å². The van der Waals surface area contributed by atoms with Crippen molar-refractivity contribution >= 4 is 23.4 Å². The number of carbonyl (C=O) groups is 1. The molecule has 7 nitrogen and oxygen atoms in total. The summed E-state index contributed by atoms with van der Waals surface area (Å²) in [5.74, 6) is -2.92. The van der Waals surface area contributed by atoms with Crippen molar-refractivity contribution in [3.8, 4) is 0 Å². The summed E-state index contributed by atoms with van der Waals surface area (Å²) in [5, 5.41) is 7.67. The fraction of sp³-hybridized carbons (Fsp3) is 0.353. The maximum Gasteiger partial charge on any atom is 0.319 e. The summed E-state index contributed by atoms with van der Waals surface area (Å²) in [6.45, 7) is 2.52. The second kappa shape index (κ2) is 8.56. The van der Waals surface area contributed by atoms with Crippen LogP contribution >= 0.6 is 0 Å². The molecule has 1 aromatic heterocycles.